The van der Waals surface area contributed by atoms with Crippen LogP contribution in [0.5, 0.6) is 0 Å². The Morgan fingerprint density at radius 1 is 1.03 bits per heavy atom. The molecule has 0 radical (unpaired) electrons. The maximum absolute atomic E-state index is 12.8. The van der Waals surface area contributed by atoms with E-state index >= 15 is 0 Å². The normalized spacial score (nSPS) is 15.1. The van der Waals surface area contributed by atoms with Crippen molar-refractivity contribution in [3.8, 4) is 22.8 Å². The molecule has 9 heteroatoms. The van der Waals surface area contributed by atoms with Crippen LogP contribution in [0.15, 0.2) is 57.9 Å². The Kier molecular flexibility index (Phi) is 5.65. The number of nitrogens with zero attached hydrogens (tertiary/aromatic N) is 3. The average Bonchev–Trinajstić information content (AvgIpc) is 3.25. The summed E-state index contributed by atoms with van der Waals surface area (Å²) in [7, 11) is -3.48. The topological polar surface area (TPSA) is 105 Å². The molecule has 1 N–H and O–H groups in total. The van der Waals surface area contributed by atoms with Crippen LogP contribution in [-0.2, 0) is 14.8 Å². The maximum Gasteiger partial charge on any atom is 0.258 e. The van der Waals surface area contributed by atoms with E-state index in [1.807, 2.05) is 0 Å². The van der Waals surface area contributed by atoms with Gasteiger partial charge in [-0.15, -0.1) is 0 Å². The predicted molar refractivity (Wildman–Crippen MR) is 112 cm³/mol. The number of hydrogen-bond donors (Lipinski definition) is 1. The molecule has 1 saturated heterocycles. The summed E-state index contributed by atoms with van der Waals surface area (Å²) in [5, 5.41) is 6.71. The highest BCUT2D eigenvalue weighted by molar-refractivity contribution is 7.89. The first-order chi connectivity index (χ1) is 14.4. The zero-order chi connectivity index (χ0) is 21.1. The van der Waals surface area contributed by atoms with Crippen molar-refractivity contribution in [2.75, 3.05) is 18.4 Å². The van der Waals surface area contributed by atoms with Crippen LogP contribution < -0.4 is 5.32 Å². The minimum absolute atomic E-state index is 0.169. The van der Waals surface area contributed by atoms with Gasteiger partial charge in [0.2, 0.25) is 21.8 Å². The van der Waals surface area contributed by atoms with Crippen LogP contribution >= 0.6 is 0 Å². The molecule has 0 unspecified atom stereocenters. The lowest BCUT2D eigenvalue weighted by atomic mass is 10.2. The zero-order valence-corrected chi connectivity index (χ0v) is 17.4. The van der Waals surface area contributed by atoms with Crippen LogP contribution in [-0.4, -0.2) is 41.9 Å². The van der Waals surface area contributed by atoms with E-state index in [4.69, 9.17) is 4.52 Å². The number of amides is 1. The molecule has 1 aromatic heterocycles. The predicted octanol–water partition coefficient (Wildman–Crippen LogP) is 3.54. The summed E-state index contributed by atoms with van der Waals surface area (Å²) in [5.74, 6) is 0.497. The van der Waals surface area contributed by atoms with Gasteiger partial charge in [-0.05, 0) is 55.3 Å². The second kappa shape index (κ2) is 8.37. The molecule has 0 saturated carbocycles. The number of rotatable bonds is 5. The van der Waals surface area contributed by atoms with Crippen LogP contribution in [0, 0.1) is 0 Å². The van der Waals surface area contributed by atoms with Gasteiger partial charge in [-0.2, -0.15) is 9.29 Å². The summed E-state index contributed by atoms with van der Waals surface area (Å²) >= 11 is 0. The first-order valence-electron chi connectivity index (χ1n) is 9.76. The summed E-state index contributed by atoms with van der Waals surface area (Å²) in [4.78, 5) is 15.9. The SMILES string of the molecule is CC(=O)Nc1cccc(-c2nc(-c3ccc(S(=O)(=O)N4CCCCC4)cc3)no2)c1. The molecule has 30 heavy (non-hydrogen) atoms. The summed E-state index contributed by atoms with van der Waals surface area (Å²) in [6.07, 6.45) is 2.86. The number of carbonyl (C=O) groups is 1. The molecule has 8 nitrogen and oxygen atoms in total. The molecule has 1 aliphatic rings. The standard InChI is InChI=1S/C21H22N4O4S/c1-15(26)22-18-7-5-6-17(14-18)21-23-20(24-29-21)16-8-10-19(11-9-16)30(27,28)25-12-3-2-4-13-25/h5-11,14H,2-4,12-13H2,1H3,(H,22,26). The van der Waals surface area contributed by atoms with E-state index in [2.05, 4.69) is 15.5 Å². The largest absolute Gasteiger partial charge is 0.334 e. The summed E-state index contributed by atoms with van der Waals surface area (Å²) in [6.45, 7) is 2.57. The van der Waals surface area contributed by atoms with E-state index in [0.29, 0.717) is 41.6 Å². The zero-order valence-electron chi connectivity index (χ0n) is 16.5. The van der Waals surface area contributed by atoms with Gasteiger partial charge in [0.1, 0.15) is 0 Å². The number of benzene rings is 2. The molecule has 4 rings (SSSR count). The number of anilines is 1. The lowest BCUT2D eigenvalue weighted by molar-refractivity contribution is -0.114. The molecule has 0 bridgehead atoms. The van der Waals surface area contributed by atoms with Crippen LogP contribution in [0.2, 0.25) is 0 Å². The first-order valence-corrected chi connectivity index (χ1v) is 11.2. The van der Waals surface area contributed by atoms with Crippen molar-refractivity contribution < 1.29 is 17.7 Å². The highest BCUT2D eigenvalue weighted by Crippen LogP contribution is 2.26. The van der Waals surface area contributed by atoms with Gasteiger partial charge in [0.15, 0.2) is 0 Å². The van der Waals surface area contributed by atoms with Gasteiger partial charge in [-0.3, -0.25) is 4.79 Å². The third-order valence-electron chi connectivity index (χ3n) is 4.92. The van der Waals surface area contributed by atoms with Gasteiger partial charge in [-0.1, -0.05) is 17.6 Å². The Labute approximate surface area is 175 Å². The minimum atomic E-state index is -3.48. The molecule has 1 aliphatic heterocycles. The minimum Gasteiger partial charge on any atom is -0.334 e. The number of sulfonamides is 1. The average molecular weight is 426 g/mol. The molecule has 156 valence electrons. The lowest BCUT2D eigenvalue weighted by Crippen LogP contribution is -2.35. The Morgan fingerprint density at radius 2 is 1.77 bits per heavy atom. The number of piperidine rings is 1. The van der Waals surface area contributed by atoms with Crippen molar-refractivity contribution in [2.24, 2.45) is 0 Å². The summed E-state index contributed by atoms with van der Waals surface area (Å²) < 4.78 is 32.5. The maximum atomic E-state index is 12.8. The van der Waals surface area contributed by atoms with Gasteiger partial charge in [0.05, 0.1) is 4.90 Å². The van der Waals surface area contributed by atoms with E-state index in [-0.39, 0.29) is 10.8 Å². The van der Waals surface area contributed by atoms with E-state index in [0.717, 1.165) is 19.3 Å². The molecule has 1 fully saturated rings. The Morgan fingerprint density at radius 3 is 2.47 bits per heavy atom. The summed E-state index contributed by atoms with van der Waals surface area (Å²) in [5.41, 5.74) is 1.96. The summed E-state index contributed by atoms with van der Waals surface area (Å²) in [6, 6.07) is 13.6. The fourth-order valence-corrected chi connectivity index (χ4v) is 4.94. The highest BCUT2D eigenvalue weighted by atomic mass is 32.2. The molecule has 0 atom stereocenters. The van der Waals surface area contributed by atoms with E-state index in [1.165, 1.54) is 6.92 Å². The fraction of sp³-hybridized carbons (Fsp3) is 0.286. The fourth-order valence-electron chi connectivity index (χ4n) is 3.42. The molecule has 2 heterocycles. The molecule has 0 spiro atoms. The van der Waals surface area contributed by atoms with Crippen molar-refractivity contribution in [2.45, 2.75) is 31.1 Å². The van der Waals surface area contributed by atoms with E-state index < -0.39 is 10.0 Å². The van der Waals surface area contributed by atoms with Crippen molar-refractivity contribution in [3.05, 3.63) is 48.5 Å². The van der Waals surface area contributed by atoms with Crippen LogP contribution in [0.1, 0.15) is 26.2 Å². The van der Waals surface area contributed by atoms with Gasteiger partial charge in [0.25, 0.3) is 5.89 Å². The van der Waals surface area contributed by atoms with Crippen molar-refractivity contribution in [1.29, 1.82) is 0 Å². The second-order valence-corrected chi connectivity index (χ2v) is 9.11. The molecule has 0 aliphatic carbocycles. The smallest absolute Gasteiger partial charge is 0.258 e. The number of nitrogens with one attached hydrogen (secondary N) is 1. The molecule has 1 amide bonds. The molecular weight excluding hydrogens is 404 g/mol. The molecular formula is C21H22N4O4S. The van der Waals surface area contributed by atoms with Crippen molar-refractivity contribution in [1.82, 2.24) is 14.4 Å². The Bertz CT molecular complexity index is 1150. The third-order valence-corrected chi connectivity index (χ3v) is 6.83. The Hall–Kier alpha value is -3.04. The number of hydrogen-bond acceptors (Lipinski definition) is 6. The van der Waals surface area contributed by atoms with Gasteiger partial charge in [-0.25, -0.2) is 8.42 Å². The van der Waals surface area contributed by atoms with Gasteiger partial charge < -0.3 is 9.84 Å². The van der Waals surface area contributed by atoms with Crippen molar-refractivity contribution >= 4 is 21.6 Å². The monoisotopic (exact) mass is 426 g/mol. The molecule has 2 aromatic carbocycles. The quantitative estimate of drug-likeness (QED) is 0.669. The van der Waals surface area contributed by atoms with Gasteiger partial charge >= 0.3 is 0 Å². The van der Waals surface area contributed by atoms with Crippen LogP contribution in [0.3, 0.4) is 0 Å². The lowest BCUT2D eigenvalue weighted by Gasteiger charge is -2.25. The van der Waals surface area contributed by atoms with Crippen LogP contribution in [0.25, 0.3) is 22.8 Å². The first kappa shape index (κ1) is 20.2. The second-order valence-electron chi connectivity index (χ2n) is 7.17. The Balaban J connectivity index is 1.55. The van der Waals surface area contributed by atoms with Crippen molar-refractivity contribution in [3.63, 3.8) is 0 Å². The van der Waals surface area contributed by atoms with E-state index in [1.54, 1.807) is 52.8 Å². The van der Waals surface area contributed by atoms with E-state index in [9.17, 15) is 13.2 Å². The highest BCUT2D eigenvalue weighted by Gasteiger charge is 2.26. The number of aromatic nitrogens is 2. The van der Waals surface area contributed by atoms with Gasteiger partial charge in [0, 0.05) is 36.8 Å². The molecule has 3 aromatic rings. The third kappa shape index (κ3) is 4.27. The number of carbonyl (C=O) groups excluding carboxylic acids is 1. The van der Waals surface area contributed by atoms with Crippen LogP contribution in [0.4, 0.5) is 5.69 Å².